The molecule has 2 aliphatic rings. The molecule has 0 aromatic rings. The molecule has 2 N–H and O–H groups in total. The molecule has 1 unspecified atom stereocenters. The lowest BCUT2D eigenvalue weighted by Crippen LogP contribution is -2.48. The van der Waals surface area contributed by atoms with Gasteiger partial charge in [0.1, 0.15) is 0 Å². The molecule has 0 spiro atoms. The molecule has 2 rings (SSSR count). The van der Waals surface area contributed by atoms with Gasteiger partial charge in [-0.25, -0.2) is 0 Å². The molecule has 1 saturated carbocycles. The van der Waals surface area contributed by atoms with E-state index in [2.05, 4.69) is 10.6 Å². The fourth-order valence-corrected chi connectivity index (χ4v) is 2.81. The molecular weight excluding hydrogens is 242 g/mol. The third-order valence-corrected chi connectivity index (χ3v) is 4.11. The van der Waals surface area contributed by atoms with Crippen LogP contribution < -0.4 is 10.6 Å². The number of carbonyl (C=O) groups is 2. The number of nitrogens with zero attached hydrogens (tertiary/aromatic N) is 1. The van der Waals surface area contributed by atoms with E-state index in [1.807, 2.05) is 11.8 Å². The van der Waals surface area contributed by atoms with Gasteiger partial charge < -0.3 is 10.2 Å². The first-order chi connectivity index (χ1) is 9.16. The molecule has 108 valence electrons. The standard InChI is InChI=1S/C14H25N3O2/c1-11(14(19)16-12-6-2-3-7-12)15-10-13(18)17-8-4-5-9-17/h11-12,15H,2-10H2,1H3,(H,16,19). The molecule has 1 aliphatic carbocycles. The summed E-state index contributed by atoms with van der Waals surface area (Å²) in [5.41, 5.74) is 0. The molecule has 1 saturated heterocycles. The van der Waals surface area contributed by atoms with Crippen LogP contribution in [0.2, 0.25) is 0 Å². The quantitative estimate of drug-likeness (QED) is 0.768. The molecule has 19 heavy (non-hydrogen) atoms. The van der Waals surface area contributed by atoms with Crippen molar-refractivity contribution in [3.05, 3.63) is 0 Å². The lowest BCUT2D eigenvalue weighted by Gasteiger charge is -2.20. The summed E-state index contributed by atoms with van der Waals surface area (Å²) in [7, 11) is 0. The van der Waals surface area contributed by atoms with E-state index < -0.39 is 0 Å². The van der Waals surface area contributed by atoms with Crippen LogP contribution in [-0.2, 0) is 9.59 Å². The minimum absolute atomic E-state index is 0.0149. The van der Waals surface area contributed by atoms with Gasteiger partial charge in [-0.05, 0) is 32.6 Å². The van der Waals surface area contributed by atoms with Crippen LogP contribution in [0.25, 0.3) is 0 Å². The molecule has 0 aromatic heterocycles. The van der Waals surface area contributed by atoms with Gasteiger partial charge in [0.05, 0.1) is 12.6 Å². The number of hydrogen-bond donors (Lipinski definition) is 2. The Morgan fingerprint density at radius 2 is 1.79 bits per heavy atom. The second-order valence-corrected chi connectivity index (χ2v) is 5.68. The summed E-state index contributed by atoms with van der Waals surface area (Å²) in [5.74, 6) is 0.124. The van der Waals surface area contributed by atoms with E-state index in [9.17, 15) is 9.59 Å². The van der Waals surface area contributed by atoms with Crippen molar-refractivity contribution in [1.82, 2.24) is 15.5 Å². The molecule has 2 fully saturated rings. The van der Waals surface area contributed by atoms with E-state index in [4.69, 9.17) is 0 Å². The van der Waals surface area contributed by atoms with Crippen molar-refractivity contribution < 1.29 is 9.59 Å². The fourth-order valence-electron chi connectivity index (χ4n) is 2.81. The van der Waals surface area contributed by atoms with Gasteiger partial charge in [0.25, 0.3) is 0 Å². The van der Waals surface area contributed by atoms with Crippen LogP contribution in [0.3, 0.4) is 0 Å². The smallest absolute Gasteiger partial charge is 0.237 e. The van der Waals surface area contributed by atoms with Gasteiger partial charge in [0.2, 0.25) is 11.8 Å². The topological polar surface area (TPSA) is 61.4 Å². The minimum Gasteiger partial charge on any atom is -0.352 e. The van der Waals surface area contributed by atoms with Crippen LogP contribution in [0.15, 0.2) is 0 Å². The maximum atomic E-state index is 11.9. The number of nitrogens with one attached hydrogen (secondary N) is 2. The highest BCUT2D eigenvalue weighted by Crippen LogP contribution is 2.17. The van der Waals surface area contributed by atoms with E-state index in [0.717, 1.165) is 38.8 Å². The average molecular weight is 267 g/mol. The molecule has 0 aromatic carbocycles. The molecule has 1 atom stereocenters. The summed E-state index contributed by atoms with van der Waals surface area (Å²) in [6, 6.07) is 0.0400. The van der Waals surface area contributed by atoms with Crippen LogP contribution >= 0.6 is 0 Å². The zero-order chi connectivity index (χ0) is 13.7. The Morgan fingerprint density at radius 3 is 2.42 bits per heavy atom. The third-order valence-electron chi connectivity index (χ3n) is 4.11. The summed E-state index contributed by atoms with van der Waals surface area (Å²) >= 11 is 0. The van der Waals surface area contributed by atoms with Gasteiger partial charge in [-0.1, -0.05) is 12.8 Å². The largest absolute Gasteiger partial charge is 0.352 e. The lowest BCUT2D eigenvalue weighted by atomic mass is 10.2. The zero-order valence-electron chi connectivity index (χ0n) is 11.8. The van der Waals surface area contributed by atoms with Crippen molar-refractivity contribution in [2.75, 3.05) is 19.6 Å². The second kappa shape index (κ2) is 6.89. The predicted molar refractivity (Wildman–Crippen MR) is 73.7 cm³/mol. The van der Waals surface area contributed by atoms with E-state index in [-0.39, 0.29) is 24.4 Å². The maximum Gasteiger partial charge on any atom is 0.237 e. The maximum absolute atomic E-state index is 11.9. The Labute approximate surface area is 115 Å². The van der Waals surface area contributed by atoms with Crippen LogP contribution in [0.5, 0.6) is 0 Å². The summed E-state index contributed by atoms with van der Waals surface area (Å²) in [6.07, 6.45) is 6.80. The summed E-state index contributed by atoms with van der Waals surface area (Å²) in [4.78, 5) is 25.7. The molecule has 1 aliphatic heterocycles. The highest BCUT2D eigenvalue weighted by molar-refractivity contribution is 5.83. The van der Waals surface area contributed by atoms with E-state index in [0.29, 0.717) is 6.04 Å². The number of carbonyl (C=O) groups excluding carboxylic acids is 2. The molecule has 1 heterocycles. The fraction of sp³-hybridized carbons (Fsp3) is 0.857. The third kappa shape index (κ3) is 4.20. The average Bonchev–Trinajstić information content (AvgIpc) is 3.07. The predicted octanol–water partition coefficient (Wildman–Crippen LogP) is 0.646. The zero-order valence-corrected chi connectivity index (χ0v) is 11.8. The van der Waals surface area contributed by atoms with Crippen LogP contribution in [0.4, 0.5) is 0 Å². The van der Waals surface area contributed by atoms with Gasteiger partial charge >= 0.3 is 0 Å². The summed E-state index contributed by atoms with van der Waals surface area (Å²) < 4.78 is 0. The molecule has 5 nitrogen and oxygen atoms in total. The van der Waals surface area contributed by atoms with E-state index in [1.165, 1.54) is 12.8 Å². The van der Waals surface area contributed by atoms with Crippen molar-refractivity contribution in [2.45, 2.75) is 57.5 Å². The normalized spacial score (nSPS) is 21.6. The number of hydrogen-bond acceptors (Lipinski definition) is 3. The second-order valence-electron chi connectivity index (χ2n) is 5.68. The Balaban J connectivity index is 1.66. The summed E-state index contributed by atoms with van der Waals surface area (Å²) in [5, 5.41) is 6.08. The first kappa shape index (κ1) is 14.3. The van der Waals surface area contributed by atoms with Crippen LogP contribution in [0.1, 0.15) is 45.4 Å². The minimum atomic E-state index is -0.299. The first-order valence-electron chi connectivity index (χ1n) is 7.48. The lowest BCUT2D eigenvalue weighted by molar-refractivity contribution is -0.129. The molecule has 0 radical (unpaired) electrons. The Bertz CT molecular complexity index is 321. The monoisotopic (exact) mass is 267 g/mol. The van der Waals surface area contributed by atoms with Crippen LogP contribution in [-0.4, -0.2) is 48.4 Å². The van der Waals surface area contributed by atoms with E-state index in [1.54, 1.807) is 0 Å². The Kier molecular flexibility index (Phi) is 5.19. The highest BCUT2D eigenvalue weighted by Gasteiger charge is 2.22. The van der Waals surface area contributed by atoms with Crippen molar-refractivity contribution in [3.8, 4) is 0 Å². The van der Waals surface area contributed by atoms with Gasteiger partial charge in [0, 0.05) is 19.1 Å². The summed E-state index contributed by atoms with van der Waals surface area (Å²) in [6.45, 7) is 3.81. The molecule has 2 amide bonds. The van der Waals surface area contributed by atoms with Gasteiger partial charge in [-0.3, -0.25) is 14.9 Å². The van der Waals surface area contributed by atoms with Gasteiger partial charge in [0.15, 0.2) is 0 Å². The molecule has 5 heteroatoms. The van der Waals surface area contributed by atoms with Crippen molar-refractivity contribution >= 4 is 11.8 Å². The van der Waals surface area contributed by atoms with Crippen molar-refractivity contribution in [2.24, 2.45) is 0 Å². The highest BCUT2D eigenvalue weighted by atomic mass is 16.2. The Hall–Kier alpha value is -1.10. The SMILES string of the molecule is CC(NCC(=O)N1CCCC1)C(=O)NC1CCCC1. The van der Waals surface area contributed by atoms with Crippen molar-refractivity contribution in [1.29, 1.82) is 0 Å². The number of amides is 2. The van der Waals surface area contributed by atoms with Gasteiger partial charge in [-0.15, -0.1) is 0 Å². The number of rotatable bonds is 5. The molecular formula is C14H25N3O2. The number of likely N-dealkylation sites (tertiary alicyclic amines) is 1. The van der Waals surface area contributed by atoms with Crippen molar-refractivity contribution in [3.63, 3.8) is 0 Å². The first-order valence-corrected chi connectivity index (χ1v) is 7.48. The van der Waals surface area contributed by atoms with Crippen LogP contribution in [0, 0.1) is 0 Å². The Morgan fingerprint density at radius 1 is 1.16 bits per heavy atom. The molecule has 0 bridgehead atoms. The van der Waals surface area contributed by atoms with Gasteiger partial charge in [-0.2, -0.15) is 0 Å². The van der Waals surface area contributed by atoms with E-state index >= 15 is 0 Å².